The zero-order valence-corrected chi connectivity index (χ0v) is 14.1. The summed E-state index contributed by atoms with van der Waals surface area (Å²) in [6.07, 6.45) is 5.54. The zero-order chi connectivity index (χ0) is 17.4. The summed E-state index contributed by atoms with van der Waals surface area (Å²) in [6, 6.07) is 4.81. The highest BCUT2D eigenvalue weighted by Crippen LogP contribution is 2.30. The van der Waals surface area contributed by atoms with E-state index in [1.807, 2.05) is 4.90 Å². The van der Waals surface area contributed by atoms with E-state index in [9.17, 15) is 9.59 Å². The van der Waals surface area contributed by atoms with Gasteiger partial charge in [-0.15, -0.1) is 0 Å². The van der Waals surface area contributed by atoms with Crippen molar-refractivity contribution in [3.05, 3.63) is 46.6 Å². The minimum absolute atomic E-state index is 0.106. The maximum Gasteiger partial charge on any atom is 0.274 e. The number of hydrogen-bond donors (Lipinski definition) is 0. The SMILES string of the molecule is Cn1nc(C(=O)N2CC3CCC2CN(c2ncccn2)C3)ccc1=O. The fourth-order valence-electron chi connectivity index (χ4n) is 3.71. The molecule has 1 amide bonds. The van der Waals surface area contributed by atoms with E-state index in [-0.39, 0.29) is 17.5 Å². The minimum Gasteiger partial charge on any atom is -0.338 e. The molecule has 8 nitrogen and oxygen atoms in total. The van der Waals surface area contributed by atoms with Crippen LogP contribution in [0.15, 0.2) is 35.4 Å². The van der Waals surface area contributed by atoms with Crippen LogP contribution in [0.4, 0.5) is 5.95 Å². The minimum atomic E-state index is -0.221. The molecule has 3 aliphatic heterocycles. The van der Waals surface area contributed by atoms with Crippen LogP contribution in [0.3, 0.4) is 0 Å². The van der Waals surface area contributed by atoms with Crippen LogP contribution in [0.1, 0.15) is 23.3 Å². The van der Waals surface area contributed by atoms with E-state index in [1.165, 1.54) is 16.8 Å². The van der Waals surface area contributed by atoms with Crippen molar-refractivity contribution in [3.63, 3.8) is 0 Å². The average molecular weight is 340 g/mol. The molecule has 5 rings (SSSR count). The number of carbonyl (C=O) groups is 1. The number of amides is 1. The largest absolute Gasteiger partial charge is 0.338 e. The molecule has 25 heavy (non-hydrogen) atoms. The third-order valence-electron chi connectivity index (χ3n) is 4.99. The molecular weight excluding hydrogens is 320 g/mol. The van der Waals surface area contributed by atoms with Crippen molar-refractivity contribution in [3.8, 4) is 0 Å². The summed E-state index contributed by atoms with van der Waals surface area (Å²) in [5.41, 5.74) is 0.0958. The van der Waals surface area contributed by atoms with Gasteiger partial charge in [-0.3, -0.25) is 9.59 Å². The second-order valence-electron chi connectivity index (χ2n) is 6.69. The van der Waals surface area contributed by atoms with Gasteiger partial charge in [0.05, 0.1) is 0 Å². The van der Waals surface area contributed by atoms with Gasteiger partial charge in [-0.05, 0) is 30.9 Å². The van der Waals surface area contributed by atoms with Gasteiger partial charge in [0.15, 0.2) is 0 Å². The summed E-state index contributed by atoms with van der Waals surface area (Å²) in [5, 5.41) is 4.11. The fraction of sp³-hybridized carbons (Fsp3) is 0.471. The number of nitrogens with zero attached hydrogens (tertiary/aromatic N) is 6. The van der Waals surface area contributed by atoms with Crippen LogP contribution in [0.2, 0.25) is 0 Å². The van der Waals surface area contributed by atoms with Gasteiger partial charge < -0.3 is 9.80 Å². The van der Waals surface area contributed by atoms with Crippen molar-refractivity contribution in [1.82, 2.24) is 24.6 Å². The molecule has 3 aliphatic rings. The van der Waals surface area contributed by atoms with Crippen molar-refractivity contribution in [2.45, 2.75) is 18.9 Å². The smallest absolute Gasteiger partial charge is 0.274 e. The molecule has 0 saturated carbocycles. The molecule has 2 aromatic rings. The van der Waals surface area contributed by atoms with E-state index in [4.69, 9.17) is 0 Å². The third kappa shape index (κ3) is 2.99. The van der Waals surface area contributed by atoms with Gasteiger partial charge in [-0.25, -0.2) is 14.6 Å². The Hall–Kier alpha value is -2.77. The van der Waals surface area contributed by atoms with Crippen LogP contribution < -0.4 is 10.5 Å². The molecule has 0 spiro atoms. The predicted molar refractivity (Wildman–Crippen MR) is 91.3 cm³/mol. The Kier molecular flexibility index (Phi) is 3.95. The highest BCUT2D eigenvalue weighted by atomic mass is 16.2. The molecule has 2 unspecified atom stereocenters. The van der Waals surface area contributed by atoms with Crippen molar-refractivity contribution < 1.29 is 4.79 Å². The first-order valence-electron chi connectivity index (χ1n) is 8.49. The molecule has 3 fully saturated rings. The summed E-state index contributed by atoms with van der Waals surface area (Å²) in [6.45, 7) is 2.28. The number of piperidine rings is 1. The quantitative estimate of drug-likeness (QED) is 0.782. The van der Waals surface area contributed by atoms with Gasteiger partial charge in [0, 0.05) is 51.2 Å². The number of fused-ring (bicyclic) bond motifs is 4. The molecule has 130 valence electrons. The normalized spacial score (nSPS) is 22.8. The Bertz CT molecular complexity index is 837. The summed E-state index contributed by atoms with van der Waals surface area (Å²) >= 11 is 0. The first-order valence-corrected chi connectivity index (χ1v) is 8.49. The Balaban J connectivity index is 1.59. The second-order valence-corrected chi connectivity index (χ2v) is 6.69. The first kappa shape index (κ1) is 15.7. The van der Waals surface area contributed by atoms with Crippen LogP contribution in [0.5, 0.6) is 0 Å². The van der Waals surface area contributed by atoms with Crippen molar-refractivity contribution >= 4 is 11.9 Å². The first-order chi connectivity index (χ1) is 12.1. The molecule has 2 aromatic heterocycles. The third-order valence-corrected chi connectivity index (χ3v) is 4.99. The Morgan fingerprint density at radius 3 is 2.68 bits per heavy atom. The number of rotatable bonds is 2. The molecule has 2 atom stereocenters. The van der Waals surface area contributed by atoms with Gasteiger partial charge in [-0.2, -0.15) is 5.10 Å². The molecule has 0 N–H and O–H groups in total. The molecule has 0 aromatic carbocycles. The maximum absolute atomic E-state index is 12.9. The Morgan fingerprint density at radius 1 is 1.12 bits per heavy atom. The highest BCUT2D eigenvalue weighted by Gasteiger charge is 2.38. The van der Waals surface area contributed by atoms with Crippen LogP contribution in [0, 0.1) is 5.92 Å². The topological polar surface area (TPSA) is 84.2 Å². The molecule has 0 aliphatic carbocycles. The summed E-state index contributed by atoms with van der Waals surface area (Å²) < 4.78 is 1.20. The molecular formula is C17H20N6O2. The molecule has 0 radical (unpaired) electrons. The number of aromatic nitrogens is 4. The van der Waals surface area contributed by atoms with Gasteiger partial charge >= 0.3 is 0 Å². The molecule has 5 heterocycles. The summed E-state index contributed by atoms with van der Waals surface area (Å²) in [5.74, 6) is 0.995. The number of aryl methyl sites for hydroxylation is 1. The van der Waals surface area contributed by atoms with Gasteiger partial charge in [0.1, 0.15) is 5.69 Å². The van der Waals surface area contributed by atoms with Crippen molar-refractivity contribution in [2.75, 3.05) is 24.5 Å². The van der Waals surface area contributed by atoms with E-state index in [0.717, 1.165) is 25.9 Å². The van der Waals surface area contributed by atoms with Crippen molar-refractivity contribution in [2.24, 2.45) is 13.0 Å². The van der Waals surface area contributed by atoms with Gasteiger partial charge in [0.25, 0.3) is 11.5 Å². The number of carbonyl (C=O) groups excluding carboxylic acids is 1. The lowest BCUT2D eigenvalue weighted by Gasteiger charge is -2.35. The molecule has 2 bridgehead atoms. The lowest BCUT2D eigenvalue weighted by molar-refractivity contribution is 0.0583. The maximum atomic E-state index is 12.9. The molecule has 3 saturated heterocycles. The standard InChI is InChI=1S/C17H20N6O2/c1-21-15(24)6-5-14(20-21)16(25)23-10-12-3-4-13(23)11-22(9-12)17-18-7-2-8-19-17/h2,5-8,12-13H,3-4,9-11H2,1H3. The average Bonchev–Trinajstić information content (AvgIpc) is 2.96. The second kappa shape index (κ2) is 6.27. The van der Waals surface area contributed by atoms with E-state index in [1.54, 1.807) is 25.5 Å². The lowest BCUT2D eigenvalue weighted by Crippen LogP contribution is -2.48. The Morgan fingerprint density at radius 2 is 1.92 bits per heavy atom. The Labute approximate surface area is 145 Å². The van der Waals surface area contributed by atoms with Crippen molar-refractivity contribution in [1.29, 1.82) is 0 Å². The lowest BCUT2D eigenvalue weighted by atomic mass is 9.94. The predicted octanol–water partition coefficient (Wildman–Crippen LogP) is 0.311. The number of anilines is 1. The zero-order valence-electron chi connectivity index (χ0n) is 14.1. The monoisotopic (exact) mass is 340 g/mol. The van der Waals surface area contributed by atoms with Crippen LogP contribution in [0.25, 0.3) is 0 Å². The fourth-order valence-corrected chi connectivity index (χ4v) is 3.71. The van der Waals surface area contributed by atoms with E-state index < -0.39 is 0 Å². The summed E-state index contributed by atoms with van der Waals surface area (Å²) in [4.78, 5) is 37.2. The highest BCUT2D eigenvalue weighted by molar-refractivity contribution is 5.92. The van der Waals surface area contributed by atoms with Gasteiger partial charge in [-0.1, -0.05) is 0 Å². The van der Waals surface area contributed by atoms with Gasteiger partial charge in [0.2, 0.25) is 5.95 Å². The van der Waals surface area contributed by atoms with Crippen LogP contribution in [-0.2, 0) is 7.05 Å². The van der Waals surface area contributed by atoms with E-state index in [0.29, 0.717) is 24.1 Å². The summed E-state index contributed by atoms with van der Waals surface area (Å²) in [7, 11) is 1.56. The van der Waals surface area contributed by atoms with E-state index >= 15 is 0 Å². The van der Waals surface area contributed by atoms with E-state index in [2.05, 4.69) is 20.0 Å². The molecule has 8 heteroatoms. The van der Waals surface area contributed by atoms with Crippen LogP contribution in [-0.4, -0.2) is 56.2 Å². The number of hydrogen-bond acceptors (Lipinski definition) is 6. The van der Waals surface area contributed by atoms with Crippen LogP contribution >= 0.6 is 0 Å².